The van der Waals surface area contributed by atoms with Crippen LogP contribution >= 0.6 is 23.1 Å². The number of para-hydroxylation sites is 1. The quantitative estimate of drug-likeness (QED) is 0.489. The minimum atomic E-state index is 0.0777. The van der Waals surface area contributed by atoms with Crippen LogP contribution in [0.15, 0.2) is 53.9 Å². The average molecular weight is 379 g/mol. The van der Waals surface area contributed by atoms with Crippen LogP contribution in [0.4, 0.5) is 5.69 Å². The SMILES string of the molecule is CCn1c2ccccc2c2c3c(ccc21)NC(=O)CSC3c1cccs1. The highest BCUT2D eigenvalue weighted by Crippen LogP contribution is 2.48. The van der Waals surface area contributed by atoms with E-state index in [9.17, 15) is 4.79 Å². The van der Waals surface area contributed by atoms with E-state index in [-0.39, 0.29) is 11.2 Å². The smallest absolute Gasteiger partial charge is 0.234 e. The summed E-state index contributed by atoms with van der Waals surface area (Å²) in [4.78, 5) is 13.6. The van der Waals surface area contributed by atoms with Gasteiger partial charge in [0.25, 0.3) is 0 Å². The van der Waals surface area contributed by atoms with Crippen molar-refractivity contribution >= 4 is 56.5 Å². The van der Waals surface area contributed by atoms with Crippen LogP contribution in [-0.2, 0) is 11.3 Å². The first kappa shape index (κ1) is 16.0. The Labute approximate surface area is 160 Å². The van der Waals surface area contributed by atoms with E-state index in [2.05, 4.69) is 70.7 Å². The van der Waals surface area contributed by atoms with Gasteiger partial charge in [-0.05, 0) is 36.6 Å². The molecule has 130 valence electrons. The second-order valence-corrected chi connectivity index (χ2v) is 8.51. The third kappa shape index (κ3) is 2.31. The van der Waals surface area contributed by atoms with E-state index in [4.69, 9.17) is 0 Å². The molecular weight excluding hydrogens is 360 g/mol. The molecule has 2 aromatic heterocycles. The molecular formula is C21H18N2OS2. The van der Waals surface area contributed by atoms with Gasteiger partial charge < -0.3 is 9.88 Å². The Morgan fingerprint density at radius 2 is 2.00 bits per heavy atom. The zero-order valence-corrected chi connectivity index (χ0v) is 16.0. The number of anilines is 1. The summed E-state index contributed by atoms with van der Waals surface area (Å²) in [5.74, 6) is 0.555. The molecule has 0 saturated carbocycles. The number of nitrogens with one attached hydrogen (secondary N) is 1. The van der Waals surface area contributed by atoms with Crippen molar-refractivity contribution in [1.82, 2.24) is 4.57 Å². The van der Waals surface area contributed by atoms with Crippen LogP contribution in [0.1, 0.15) is 22.6 Å². The maximum absolute atomic E-state index is 12.3. The fourth-order valence-corrected chi connectivity index (χ4v) is 6.11. The average Bonchev–Trinajstić information content (AvgIpc) is 3.25. The molecule has 3 nitrogen and oxygen atoms in total. The van der Waals surface area contributed by atoms with Crippen molar-refractivity contribution in [2.45, 2.75) is 18.7 Å². The standard InChI is InChI=1S/C21H18N2OS2/c1-2-23-15-7-4-3-6-13(15)19-16(23)10-9-14-20(19)21(17-8-5-11-25-17)26-12-18(24)22-14/h3-11,21H,2,12H2,1H3,(H,22,24). The lowest BCUT2D eigenvalue weighted by Crippen LogP contribution is -2.12. The van der Waals surface area contributed by atoms with E-state index < -0.39 is 0 Å². The summed E-state index contributed by atoms with van der Waals surface area (Å²) < 4.78 is 2.37. The number of fused-ring (bicyclic) bond motifs is 5. The number of amides is 1. The first-order valence-corrected chi connectivity index (χ1v) is 10.7. The lowest BCUT2D eigenvalue weighted by atomic mass is 10.00. The van der Waals surface area contributed by atoms with E-state index >= 15 is 0 Å². The van der Waals surface area contributed by atoms with Gasteiger partial charge >= 0.3 is 0 Å². The van der Waals surface area contributed by atoms with Crippen LogP contribution in [0.3, 0.4) is 0 Å². The Morgan fingerprint density at radius 3 is 2.81 bits per heavy atom. The topological polar surface area (TPSA) is 34.0 Å². The second-order valence-electron chi connectivity index (χ2n) is 6.44. The van der Waals surface area contributed by atoms with Gasteiger partial charge in [0.1, 0.15) is 0 Å². The number of benzene rings is 2. The largest absolute Gasteiger partial charge is 0.341 e. The van der Waals surface area contributed by atoms with Gasteiger partial charge in [0.15, 0.2) is 0 Å². The summed E-state index contributed by atoms with van der Waals surface area (Å²) in [6.45, 7) is 3.11. The van der Waals surface area contributed by atoms with E-state index in [1.165, 1.54) is 32.2 Å². The molecule has 1 N–H and O–H groups in total. The lowest BCUT2D eigenvalue weighted by molar-refractivity contribution is -0.113. The lowest BCUT2D eigenvalue weighted by Gasteiger charge is -2.17. The van der Waals surface area contributed by atoms with Gasteiger partial charge in [-0.3, -0.25) is 4.79 Å². The number of thiophene rings is 1. The number of hydrogen-bond donors (Lipinski definition) is 1. The summed E-state index contributed by atoms with van der Waals surface area (Å²) in [6, 6.07) is 17.1. The minimum absolute atomic E-state index is 0.0777. The molecule has 5 rings (SSSR count). The van der Waals surface area contributed by atoms with Crippen LogP contribution in [0, 0.1) is 0 Å². The molecule has 3 heterocycles. The fourth-order valence-electron chi connectivity index (χ4n) is 3.98. The molecule has 0 radical (unpaired) electrons. The number of carbonyl (C=O) groups excluding carboxylic acids is 1. The van der Waals surface area contributed by atoms with Crippen molar-refractivity contribution in [2.75, 3.05) is 11.1 Å². The highest BCUT2D eigenvalue weighted by atomic mass is 32.2. The fraction of sp³-hybridized carbons (Fsp3) is 0.190. The van der Waals surface area contributed by atoms with E-state index in [1.807, 2.05) is 0 Å². The van der Waals surface area contributed by atoms with Crippen molar-refractivity contribution in [3.63, 3.8) is 0 Å². The highest BCUT2D eigenvalue weighted by molar-refractivity contribution is 8.00. The van der Waals surface area contributed by atoms with Crippen LogP contribution in [0.25, 0.3) is 21.8 Å². The number of thioether (sulfide) groups is 1. The van der Waals surface area contributed by atoms with Crippen molar-refractivity contribution < 1.29 is 4.79 Å². The Bertz CT molecular complexity index is 1130. The Hall–Kier alpha value is -2.24. The maximum Gasteiger partial charge on any atom is 0.234 e. The second kappa shape index (κ2) is 6.18. The van der Waals surface area contributed by atoms with Crippen molar-refractivity contribution in [2.24, 2.45) is 0 Å². The molecule has 1 aliphatic heterocycles. The molecule has 5 heteroatoms. The monoisotopic (exact) mass is 378 g/mol. The maximum atomic E-state index is 12.3. The minimum Gasteiger partial charge on any atom is -0.341 e. The van der Waals surface area contributed by atoms with Crippen LogP contribution < -0.4 is 5.32 Å². The molecule has 0 fully saturated rings. The van der Waals surface area contributed by atoms with E-state index in [1.54, 1.807) is 23.1 Å². The predicted molar refractivity (Wildman–Crippen MR) is 112 cm³/mol. The molecule has 1 amide bonds. The van der Waals surface area contributed by atoms with Crippen molar-refractivity contribution in [1.29, 1.82) is 0 Å². The Kier molecular flexibility index (Phi) is 3.80. The van der Waals surface area contributed by atoms with E-state index in [0.29, 0.717) is 5.75 Å². The molecule has 2 aromatic carbocycles. The summed E-state index contributed by atoms with van der Waals surface area (Å²) in [6.07, 6.45) is 0. The molecule has 0 bridgehead atoms. The van der Waals surface area contributed by atoms with Crippen molar-refractivity contribution in [3.8, 4) is 0 Å². The van der Waals surface area contributed by atoms with Crippen molar-refractivity contribution in [3.05, 3.63) is 64.4 Å². The van der Waals surface area contributed by atoms with Crippen LogP contribution in [-0.4, -0.2) is 16.2 Å². The van der Waals surface area contributed by atoms with E-state index in [0.717, 1.165) is 12.2 Å². The summed E-state index contributed by atoms with van der Waals surface area (Å²) in [7, 11) is 0. The number of nitrogens with zero attached hydrogens (tertiary/aromatic N) is 1. The summed E-state index contributed by atoms with van der Waals surface area (Å²) in [5, 5.41) is 7.96. The Balaban J connectivity index is 1.92. The van der Waals surface area contributed by atoms with Gasteiger partial charge in [0.2, 0.25) is 5.91 Å². The van der Waals surface area contributed by atoms with Gasteiger partial charge in [-0.1, -0.05) is 24.3 Å². The number of aryl methyl sites for hydroxylation is 1. The van der Waals surface area contributed by atoms with Crippen LogP contribution in [0.5, 0.6) is 0 Å². The van der Waals surface area contributed by atoms with Gasteiger partial charge in [0.05, 0.1) is 11.0 Å². The molecule has 0 aliphatic carbocycles. The van der Waals surface area contributed by atoms with Gasteiger partial charge in [0, 0.05) is 44.5 Å². The number of aromatic nitrogens is 1. The zero-order chi connectivity index (χ0) is 17.7. The molecule has 0 saturated heterocycles. The predicted octanol–water partition coefficient (Wildman–Crippen LogP) is 5.65. The molecule has 4 aromatic rings. The summed E-state index contributed by atoms with van der Waals surface area (Å²) >= 11 is 3.49. The van der Waals surface area contributed by atoms with Crippen LogP contribution in [0.2, 0.25) is 0 Å². The van der Waals surface area contributed by atoms with Gasteiger partial charge in [-0.25, -0.2) is 0 Å². The molecule has 1 aliphatic rings. The highest BCUT2D eigenvalue weighted by Gasteiger charge is 2.28. The summed E-state index contributed by atoms with van der Waals surface area (Å²) in [5.41, 5.74) is 4.68. The molecule has 1 atom stereocenters. The number of carbonyl (C=O) groups is 1. The van der Waals surface area contributed by atoms with Gasteiger partial charge in [-0.15, -0.1) is 23.1 Å². The first-order chi connectivity index (χ1) is 12.8. The third-order valence-corrected chi connectivity index (χ3v) is 7.35. The van der Waals surface area contributed by atoms with Gasteiger partial charge in [-0.2, -0.15) is 0 Å². The zero-order valence-electron chi connectivity index (χ0n) is 14.4. The normalized spacial score (nSPS) is 17.3. The number of rotatable bonds is 2. The number of hydrogen-bond acceptors (Lipinski definition) is 3. The molecule has 1 unspecified atom stereocenters. The molecule has 26 heavy (non-hydrogen) atoms. The first-order valence-electron chi connectivity index (χ1n) is 8.76. The Morgan fingerprint density at radius 1 is 1.12 bits per heavy atom. The third-order valence-electron chi connectivity index (χ3n) is 5.01. The molecule has 0 spiro atoms.